The zero-order valence-electron chi connectivity index (χ0n) is 11.8. The second-order valence-corrected chi connectivity index (χ2v) is 4.67. The third-order valence-corrected chi connectivity index (χ3v) is 3.21. The first kappa shape index (κ1) is 15.0. The maximum atomic E-state index is 11.8. The number of nitrogen functional groups attached to an aromatic ring is 2. The number of Topliss-reactive ketones (excluding diaryl/α,β-unsaturated/α-hetero) is 1. The van der Waals surface area contributed by atoms with Gasteiger partial charge in [-0.3, -0.25) is 4.79 Å². The second-order valence-electron chi connectivity index (χ2n) is 4.67. The zero-order chi connectivity index (χ0) is 16.3. The summed E-state index contributed by atoms with van der Waals surface area (Å²) in [5, 5.41) is 22.2. The molecule has 8 heteroatoms. The molecule has 1 heterocycles. The van der Waals surface area contributed by atoms with Crippen LogP contribution < -0.4 is 11.5 Å². The molecule has 2 atom stereocenters. The van der Waals surface area contributed by atoms with Gasteiger partial charge in [0.1, 0.15) is 17.7 Å². The molecule has 2 unspecified atom stereocenters. The number of hydrogen-bond acceptors (Lipinski definition) is 7. The van der Waals surface area contributed by atoms with Crippen LogP contribution in [0.25, 0.3) is 0 Å². The van der Waals surface area contributed by atoms with E-state index in [-0.39, 0.29) is 17.7 Å². The Bertz CT molecular complexity index is 779. The van der Waals surface area contributed by atoms with E-state index in [0.717, 1.165) is 0 Å². The van der Waals surface area contributed by atoms with Crippen LogP contribution in [0.5, 0.6) is 0 Å². The number of ketones is 1. The molecule has 0 saturated carbocycles. The van der Waals surface area contributed by atoms with Gasteiger partial charge in [0.2, 0.25) is 11.9 Å². The second kappa shape index (κ2) is 5.94. The number of aromatic nitrogens is 3. The number of carbonyl (C=O) groups is 1. The average Bonchev–Trinajstić information content (AvgIpc) is 2.82. The van der Waals surface area contributed by atoms with E-state index in [2.05, 4.69) is 10.1 Å². The van der Waals surface area contributed by atoms with Gasteiger partial charge in [0.25, 0.3) is 0 Å². The summed E-state index contributed by atoms with van der Waals surface area (Å²) in [6, 6.07) is 9.68. The van der Waals surface area contributed by atoms with Gasteiger partial charge < -0.3 is 11.5 Å². The van der Waals surface area contributed by atoms with Gasteiger partial charge in [0, 0.05) is 0 Å². The molecule has 110 valence electrons. The van der Waals surface area contributed by atoms with Gasteiger partial charge in [-0.05, 0) is 24.6 Å². The molecule has 8 nitrogen and oxygen atoms in total. The molecule has 1 aromatic heterocycles. The lowest BCUT2D eigenvalue weighted by atomic mass is 9.91. The van der Waals surface area contributed by atoms with Gasteiger partial charge in [-0.25, -0.2) is 4.68 Å². The van der Waals surface area contributed by atoms with Crippen molar-refractivity contribution in [2.45, 2.75) is 13.0 Å². The Morgan fingerprint density at radius 3 is 2.32 bits per heavy atom. The van der Waals surface area contributed by atoms with E-state index in [9.17, 15) is 10.1 Å². The van der Waals surface area contributed by atoms with Crippen LogP contribution in [0, 0.1) is 28.6 Å². The molecule has 2 aromatic rings. The maximum Gasteiger partial charge on any atom is 0.241 e. The summed E-state index contributed by atoms with van der Waals surface area (Å²) in [7, 11) is 0. The van der Waals surface area contributed by atoms with Crippen LogP contribution in [0.4, 0.5) is 11.9 Å². The van der Waals surface area contributed by atoms with Crippen LogP contribution in [0.15, 0.2) is 24.3 Å². The first-order valence-corrected chi connectivity index (χ1v) is 6.35. The molecule has 0 aliphatic rings. The summed E-state index contributed by atoms with van der Waals surface area (Å²) < 4.78 is 1.26. The van der Waals surface area contributed by atoms with Gasteiger partial charge in [0.05, 0.1) is 17.7 Å². The Balaban J connectivity index is 2.59. The van der Waals surface area contributed by atoms with Crippen LogP contribution in [0.2, 0.25) is 0 Å². The molecule has 2 rings (SSSR count). The molecule has 0 radical (unpaired) electrons. The summed E-state index contributed by atoms with van der Waals surface area (Å²) in [5.41, 5.74) is 12.4. The molecular weight excluding hydrogens is 282 g/mol. The molecule has 0 bridgehead atoms. The lowest BCUT2D eigenvalue weighted by Gasteiger charge is -2.21. The Morgan fingerprint density at radius 1 is 1.27 bits per heavy atom. The third kappa shape index (κ3) is 2.72. The summed E-state index contributed by atoms with van der Waals surface area (Å²) >= 11 is 0. The molecule has 1 aromatic carbocycles. The van der Waals surface area contributed by atoms with Gasteiger partial charge in [-0.1, -0.05) is 12.1 Å². The number of rotatable bonds is 4. The molecule has 0 spiro atoms. The first-order chi connectivity index (χ1) is 10.5. The fraction of sp³-hybridized carbons (Fsp3) is 0.214. The Labute approximate surface area is 126 Å². The molecule has 0 saturated heterocycles. The van der Waals surface area contributed by atoms with Crippen molar-refractivity contribution >= 4 is 17.7 Å². The fourth-order valence-corrected chi connectivity index (χ4v) is 2.17. The smallest absolute Gasteiger partial charge is 0.241 e. The van der Waals surface area contributed by atoms with Crippen LogP contribution in [0.1, 0.15) is 24.1 Å². The molecule has 0 aliphatic heterocycles. The minimum Gasteiger partial charge on any atom is -0.368 e. The molecule has 4 N–H and O–H groups in total. The minimum atomic E-state index is -1.00. The van der Waals surface area contributed by atoms with E-state index in [0.29, 0.717) is 11.1 Å². The maximum absolute atomic E-state index is 11.8. The number of benzene rings is 1. The van der Waals surface area contributed by atoms with E-state index < -0.39 is 12.0 Å². The number of nitrogens with zero attached hydrogens (tertiary/aromatic N) is 5. The van der Waals surface area contributed by atoms with E-state index in [1.54, 1.807) is 24.3 Å². The van der Waals surface area contributed by atoms with E-state index in [1.807, 2.05) is 12.1 Å². The van der Waals surface area contributed by atoms with Crippen molar-refractivity contribution in [3.63, 3.8) is 0 Å². The fourth-order valence-electron chi connectivity index (χ4n) is 2.17. The standard InChI is InChI=1S/C14H13N7O/c1-8(22)11(7-16)12(21-14(18)19-13(17)20-21)10-4-2-9(6-15)3-5-10/h2-5,11-12H,1H3,(H4,17,18,19,20). The predicted octanol–water partition coefficient (Wildman–Crippen LogP) is 0.632. The largest absolute Gasteiger partial charge is 0.368 e. The highest BCUT2D eigenvalue weighted by molar-refractivity contribution is 5.82. The van der Waals surface area contributed by atoms with Crippen LogP contribution in [0.3, 0.4) is 0 Å². The monoisotopic (exact) mass is 295 g/mol. The lowest BCUT2D eigenvalue weighted by molar-refractivity contribution is -0.120. The van der Waals surface area contributed by atoms with Crippen LogP contribution in [-0.2, 0) is 4.79 Å². The Morgan fingerprint density at radius 2 is 1.91 bits per heavy atom. The number of hydrogen-bond donors (Lipinski definition) is 2. The van der Waals surface area contributed by atoms with Crippen molar-refractivity contribution in [3.05, 3.63) is 35.4 Å². The summed E-state index contributed by atoms with van der Waals surface area (Å²) in [5.74, 6) is -1.37. The molecule has 0 amide bonds. The summed E-state index contributed by atoms with van der Waals surface area (Å²) in [6.07, 6.45) is 0. The zero-order valence-corrected chi connectivity index (χ0v) is 11.8. The van der Waals surface area contributed by atoms with Crippen molar-refractivity contribution in [1.82, 2.24) is 14.8 Å². The van der Waals surface area contributed by atoms with E-state index in [4.69, 9.17) is 16.7 Å². The lowest BCUT2D eigenvalue weighted by Crippen LogP contribution is -2.27. The molecule has 22 heavy (non-hydrogen) atoms. The number of nitriles is 2. The van der Waals surface area contributed by atoms with E-state index >= 15 is 0 Å². The highest BCUT2D eigenvalue weighted by Crippen LogP contribution is 2.29. The van der Waals surface area contributed by atoms with Crippen molar-refractivity contribution in [1.29, 1.82) is 10.5 Å². The highest BCUT2D eigenvalue weighted by Gasteiger charge is 2.31. The number of nitrogens with two attached hydrogens (primary N) is 2. The van der Waals surface area contributed by atoms with Crippen LogP contribution in [-0.4, -0.2) is 20.5 Å². The Hall–Kier alpha value is -3.39. The van der Waals surface area contributed by atoms with Crippen molar-refractivity contribution in [2.75, 3.05) is 11.5 Å². The van der Waals surface area contributed by atoms with Gasteiger partial charge in [0.15, 0.2) is 0 Å². The normalized spacial score (nSPS) is 12.9. The summed E-state index contributed by atoms with van der Waals surface area (Å²) in [4.78, 5) is 15.6. The molecule has 0 aliphatic carbocycles. The third-order valence-electron chi connectivity index (χ3n) is 3.21. The van der Waals surface area contributed by atoms with Crippen LogP contribution >= 0.6 is 0 Å². The average molecular weight is 295 g/mol. The van der Waals surface area contributed by atoms with Crippen molar-refractivity contribution in [2.24, 2.45) is 5.92 Å². The molecule has 0 fully saturated rings. The number of anilines is 2. The van der Waals surface area contributed by atoms with Crippen molar-refractivity contribution < 1.29 is 4.79 Å². The van der Waals surface area contributed by atoms with Gasteiger partial charge in [-0.2, -0.15) is 15.5 Å². The summed E-state index contributed by atoms with van der Waals surface area (Å²) in [6.45, 7) is 1.32. The first-order valence-electron chi connectivity index (χ1n) is 6.35. The minimum absolute atomic E-state index is 0.00774. The molecular formula is C14H13N7O. The van der Waals surface area contributed by atoms with Gasteiger partial charge >= 0.3 is 0 Å². The SMILES string of the molecule is CC(=O)C(C#N)C(c1ccc(C#N)cc1)n1nc(N)nc1N. The Kier molecular flexibility index (Phi) is 4.05. The highest BCUT2D eigenvalue weighted by atomic mass is 16.1. The number of carbonyl (C=O) groups excluding carboxylic acids is 1. The quantitative estimate of drug-likeness (QED) is 0.840. The topological polar surface area (TPSA) is 147 Å². The predicted molar refractivity (Wildman–Crippen MR) is 77.9 cm³/mol. The van der Waals surface area contributed by atoms with E-state index in [1.165, 1.54) is 11.6 Å². The van der Waals surface area contributed by atoms with Gasteiger partial charge in [-0.15, -0.1) is 5.10 Å². The van der Waals surface area contributed by atoms with Crippen molar-refractivity contribution in [3.8, 4) is 12.1 Å².